The van der Waals surface area contributed by atoms with Gasteiger partial charge in [0.15, 0.2) is 0 Å². The monoisotopic (exact) mass is 319 g/mol. The highest BCUT2D eigenvalue weighted by Gasteiger charge is 2.71. The van der Waals surface area contributed by atoms with Crippen LogP contribution in [0.3, 0.4) is 0 Å². The maximum atomic E-state index is 13.2. The smallest absolute Gasteiger partial charge is 0.237 e. The van der Waals surface area contributed by atoms with Crippen molar-refractivity contribution < 1.29 is 9.59 Å². The number of allylic oxidation sites excluding steroid dienone is 2. The van der Waals surface area contributed by atoms with Gasteiger partial charge in [-0.15, -0.1) is 0 Å². The average molecular weight is 319 g/mol. The number of rotatable bonds is 1. The molecule has 1 aliphatic heterocycles. The first kappa shape index (κ1) is 13.4. The van der Waals surface area contributed by atoms with Gasteiger partial charge in [-0.3, -0.25) is 9.59 Å². The van der Waals surface area contributed by atoms with E-state index in [1.807, 2.05) is 31.2 Å². The molecule has 2 amide bonds. The first-order chi connectivity index (χ1) is 11.7. The lowest BCUT2D eigenvalue weighted by molar-refractivity contribution is -0.123. The average Bonchev–Trinajstić information content (AvgIpc) is 3.35. The van der Waals surface area contributed by atoms with Gasteiger partial charge in [0.05, 0.1) is 17.5 Å². The van der Waals surface area contributed by atoms with Crippen LogP contribution in [0.15, 0.2) is 36.4 Å². The van der Waals surface area contributed by atoms with Gasteiger partial charge in [-0.25, -0.2) is 4.90 Å². The predicted octanol–water partition coefficient (Wildman–Crippen LogP) is 3.19. The second-order valence-corrected chi connectivity index (χ2v) is 8.52. The fourth-order valence-corrected chi connectivity index (χ4v) is 7.17. The van der Waals surface area contributed by atoms with E-state index >= 15 is 0 Å². The van der Waals surface area contributed by atoms with Crippen LogP contribution in [0.2, 0.25) is 0 Å². The third kappa shape index (κ3) is 1.34. The van der Waals surface area contributed by atoms with Crippen LogP contribution in [-0.4, -0.2) is 11.8 Å². The molecule has 4 fully saturated rings. The molecule has 8 unspecified atom stereocenters. The molecular weight excluding hydrogens is 298 g/mol. The molecule has 6 rings (SSSR count). The molecular formula is C21H21NO2. The normalized spacial score (nSPS) is 47.0. The van der Waals surface area contributed by atoms with Gasteiger partial charge in [-0.05, 0) is 66.9 Å². The minimum atomic E-state index is -0.0453. The summed E-state index contributed by atoms with van der Waals surface area (Å²) in [4.78, 5) is 28.0. The standard InChI is InChI=1S/C21H21NO2/c1-10-4-2-3-5-15(10)22-20(23)18-13-9-14(19(18)21(22)24)17-12-7-6-11(8-12)16(13)17/h2-7,11-14,16-19H,8-9H2,1H3. The third-order valence-electron chi connectivity index (χ3n) is 7.79. The fraction of sp³-hybridized carbons (Fsp3) is 0.524. The summed E-state index contributed by atoms with van der Waals surface area (Å²) < 4.78 is 0. The van der Waals surface area contributed by atoms with E-state index in [0.717, 1.165) is 17.7 Å². The van der Waals surface area contributed by atoms with E-state index < -0.39 is 0 Å². The lowest BCUT2D eigenvalue weighted by Crippen LogP contribution is -2.38. The number of anilines is 1. The summed E-state index contributed by atoms with van der Waals surface area (Å²) in [6.45, 7) is 1.98. The van der Waals surface area contributed by atoms with Crippen molar-refractivity contribution in [2.45, 2.75) is 19.8 Å². The summed E-state index contributed by atoms with van der Waals surface area (Å²) in [5.41, 5.74) is 1.81. The molecule has 3 heteroatoms. The molecule has 1 aromatic rings. The van der Waals surface area contributed by atoms with Gasteiger partial charge in [0.2, 0.25) is 11.8 Å². The van der Waals surface area contributed by atoms with Crippen molar-refractivity contribution in [1.29, 1.82) is 0 Å². The molecule has 1 saturated heterocycles. The quantitative estimate of drug-likeness (QED) is 0.453. The summed E-state index contributed by atoms with van der Waals surface area (Å²) in [6.07, 6.45) is 7.16. The molecule has 24 heavy (non-hydrogen) atoms. The van der Waals surface area contributed by atoms with Crippen LogP contribution in [-0.2, 0) is 9.59 Å². The molecule has 0 spiro atoms. The van der Waals surface area contributed by atoms with Crippen molar-refractivity contribution >= 4 is 17.5 Å². The van der Waals surface area contributed by atoms with Crippen LogP contribution >= 0.6 is 0 Å². The lowest BCUT2D eigenvalue weighted by Gasteiger charge is -2.36. The first-order valence-electron chi connectivity index (χ1n) is 9.28. The summed E-state index contributed by atoms with van der Waals surface area (Å²) in [5, 5.41) is 0. The molecule has 0 N–H and O–H groups in total. The van der Waals surface area contributed by atoms with E-state index in [9.17, 15) is 9.59 Å². The number of imide groups is 1. The van der Waals surface area contributed by atoms with Crippen molar-refractivity contribution in [3.8, 4) is 0 Å². The van der Waals surface area contributed by atoms with Crippen molar-refractivity contribution in [2.75, 3.05) is 4.90 Å². The largest absolute Gasteiger partial charge is 0.274 e. The Morgan fingerprint density at radius 2 is 1.46 bits per heavy atom. The first-order valence-corrected chi connectivity index (χ1v) is 9.28. The number of carbonyl (C=O) groups is 2. The van der Waals surface area contributed by atoms with Crippen LogP contribution in [0, 0.1) is 54.3 Å². The third-order valence-corrected chi connectivity index (χ3v) is 7.79. The molecule has 1 aromatic carbocycles. The Hall–Kier alpha value is -1.90. The highest BCUT2D eigenvalue weighted by molar-refractivity contribution is 6.23. The van der Waals surface area contributed by atoms with Crippen LogP contribution in [0.25, 0.3) is 0 Å². The number of hydrogen-bond donors (Lipinski definition) is 0. The molecule has 4 aliphatic carbocycles. The number of fused-ring (bicyclic) bond motifs is 12. The minimum absolute atomic E-state index is 0.0453. The highest BCUT2D eigenvalue weighted by Crippen LogP contribution is 2.70. The molecule has 1 heterocycles. The Kier molecular flexibility index (Phi) is 2.34. The van der Waals surface area contributed by atoms with Crippen LogP contribution in [0.1, 0.15) is 18.4 Å². The molecule has 3 saturated carbocycles. The Morgan fingerprint density at radius 3 is 2.04 bits per heavy atom. The van der Waals surface area contributed by atoms with Gasteiger partial charge in [-0.1, -0.05) is 30.4 Å². The number of nitrogens with zero attached hydrogens (tertiary/aromatic N) is 1. The maximum Gasteiger partial charge on any atom is 0.237 e. The van der Waals surface area contributed by atoms with E-state index in [1.54, 1.807) is 0 Å². The second-order valence-electron chi connectivity index (χ2n) is 8.52. The van der Waals surface area contributed by atoms with Gasteiger partial charge in [0.1, 0.15) is 0 Å². The lowest BCUT2D eigenvalue weighted by atomic mass is 9.65. The summed E-state index contributed by atoms with van der Waals surface area (Å²) in [5.74, 6) is 3.63. The van der Waals surface area contributed by atoms with Gasteiger partial charge in [-0.2, -0.15) is 0 Å². The number of amides is 2. The van der Waals surface area contributed by atoms with Crippen molar-refractivity contribution in [2.24, 2.45) is 47.3 Å². The highest BCUT2D eigenvalue weighted by atomic mass is 16.2. The van der Waals surface area contributed by atoms with E-state index in [-0.39, 0.29) is 23.7 Å². The molecule has 4 bridgehead atoms. The fourth-order valence-electron chi connectivity index (χ4n) is 7.17. The number of aryl methyl sites for hydroxylation is 1. The van der Waals surface area contributed by atoms with Crippen molar-refractivity contribution in [1.82, 2.24) is 0 Å². The summed E-state index contributed by atoms with van der Waals surface area (Å²) in [7, 11) is 0. The Balaban J connectivity index is 1.43. The predicted molar refractivity (Wildman–Crippen MR) is 90.0 cm³/mol. The molecule has 0 aromatic heterocycles. The van der Waals surface area contributed by atoms with Crippen LogP contribution < -0.4 is 4.90 Å². The Bertz CT molecular complexity index is 770. The zero-order valence-corrected chi connectivity index (χ0v) is 13.8. The van der Waals surface area contributed by atoms with Crippen LogP contribution in [0.4, 0.5) is 5.69 Å². The van der Waals surface area contributed by atoms with Gasteiger partial charge >= 0.3 is 0 Å². The number of para-hydroxylation sites is 1. The minimum Gasteiger partial charge on any atom is -0.274 e. The van der Waals surface area contributed by atoms with Crippen molar-refractivity contribution in [3.05, 3.63) is 42.0 Å². The van der Waals surface area contributed by atoms with E-state index in [4.69, 9.17) is 0 Å². The van der Waals surface area contributed by atoms with Crippen LogP contribution in [0.5, 0.6) is 0 Å². The number of carbonyl (C=O) groups excluding carboxylic acids is 2. The molecule has 8 atom stereocenters. The van der Waals surface area contributed by atoms with E-state index in [0.29, 0.717) is 35.5 Å². The zero-order chi connectivity index (χ0) is 16.2. The maximum absolute atomic E-state index is 13.2. The van der Waals surface area contributed by atoms with E-state index in [2.05, 4.69) is 12.2 Å². The SMILES string of the molecule is Cc1ccccc1N1C(=O)C2C3CC(C2C1=O)C1C2C=CC(C2)C31. The topological polar surface area (TPSA) is 37.4 Å². The molecule has 0 radical (unpaired) electrons. The molecule has 3 nitrogen and oxygen atoms in total. The molecule has 5 aliphatic rings. The Labute approximate surface area is 141 Å². The second kappa shape index (κ2) is 4.19. The molecule has 122 valence electrons. The van der Waals surface area contributed by atoms with Crippen molar-refractivity contribution in [3.63, 3.8) is 0 Å². The Morgan fingerprint density at radius 1 is 0.875 bits per heavy atom. The summed E-state index contributed by atoms with van der Waals surface area (Å²) in [6, 6.07) is 7.78. The van der Waals surface area contributed by atoms with E-state index in [1.165, 1.54) is 11.3 Å². The van der Waals surface area contributed by atoms with Gasteiger partial charge in [0.25, 0.3) is 0 Å². The number of benzene rings is 1. The number of hydrogen-bond acceptors (Lipinski definition) is 2. The van der Waals surface area contributed by atoms with Gasteiger partial charge in [0, 0.05) is 0 Å². The van der Waals surface area contributed by atoms with Gasteiger partial charge < -0.3 is 0 Å². The zero-order valence-electron chi connectivity index (χ0n) is 13.8. The summed E-state index contributed by atoms with van der Waals surface area (Å²) >= 11 is 0.